The lowest BCUT2D eigenvalue weighted by molar-refractivity contribution is 0.195. The average molecular weight is 353 g/mol. The molecule has 0 aliphatic rings. The molecule has 0 fully saturated rings. The average Bonchev–Trinajstić information content (AvgIpc) is 2.41. The summed E-state index contributed by atoms with van der Waals surface area (Å²) in [6, 6.07) is 12.2. The second-order valence-corrected chi connectivity index (χ2v) is 5.54. The van der Waals surface area contributed by atoms with E-state index in [1.165, 1.54) is 0 Å². The van der Waals surface area contributed by atoms with Crippen LogP contribution in [-0.2, 0) is 0 Å². The van der Waals surface area contributed by atoms with E-state index in [1.54, 1.807) is 43.3 Å². The first-order valence-electron chi connectivity index (χ1n) is 5.86. The van der Waals surface area contributed by atoms with Gasteiger partial charge in [0.2, 0.25) is 0 Å². The Morgan fingerprint density at radius 1 is 1.25 bits per heavy atom. The quantitative estimate of drug-likeness (QED) is 0.861. The Morgan fingerprint density at radius 3 is 2.60 bits per heavy atom. The van der Waals surface area contributed by atoms with Crippen LogP contribution in [0.2, 0.25) is 5.02 Å². The monoisotopic (exact) mass is 351 g/mol. The van der Waals surface area contributed by atoms with E-state index < -0.39 is 6.10 Å². The molecule has 0 aliphatic heterocycles. The molecule has 0 spiro atoms. The lowest BCUT2D eigenvalue weighted by Gasteiger charge is -2.14. The first-order valence-corrected chi connectivity index (χ1v) is 7.03. The molecule has 0 heterocycles. The van der Waals surface area contributed by atoms with Crippen LogP contribution in [0, 0.1) is 11.3 Å². The van der Waals surface area contributed by atoms with Crippen molar-refractivity contribution in [3.63, 3.8) is 0 Å². The summed E-state index contributed by atoms with van der Waals surface area (Å²) in [6.45, 7) is 1.64. The molecule has 1 atom stereocenters. The van der Waals surface area contributed by atoms with Gasteiger partial charge in [0.15, 0.2) is 0 Å². The summed E-state index contributed by atoms with van der Waals surface area (Å²) < 4.78 is 6.58. The van der Waals surface area contributed by atoms with Crippen LogP contribution < -0.4 is 4.74 Å². The van der Waals surface area contributed by atoms with Crippen molar-refractivity contribution in [1.82, 2.24) is 0 Å². The van der Waals surface area contributed by atoms with Gasteiger partial charge in [-0.15, -0.1) is 0 Å². The van der Waals surface area contributed by atoms with E-state index in [1.807, 2.05) is 6.07 Å². The van der Waals surface area contributed by atoms with Gasteiger partial charge >= 0.3 is 0 Å². The van der Waals surface area contributed by atoms with Gasteiger partial charge in [-0.25, -0.2) is 0 Å². The lowest BCUT2D eigenvalue weighted by atomic mass is 10.1. The van der Waals surface area contributed by atoms with Crippen LogP contribution in [0.4, 0.5) is 0 Å². The van der Waals surface area contributed by atoms with Crippen LogP contribution in [0.3, 0.4) is 0 Å². The van der Waals surface area contributed by atoms with Gasteiger partial charge in [-0.2, -0.15) is 5.26 Å². The maximum absolute atomic E-state index is 9.76. The van der Waals surface area contributed by atoms with Gasteiger partial charge in [-0.05, 0) is 37.3 Å². The fourth-order valence-corrected chi connectivity index (χ4v) is 2.43. The van der Waals surface area contributed by atoms with E-state index in [0.29, 0.717) is 27.6 Å². The SMILES string of the molecule is CC(O)c1ccc(C#N)cc1Oc1ccc(Br)cc1Cl. The number of ether oxygens (including phenoxy) is 1. The third-order valence-electron chi connectivity index (χ3n) is 2.71. The van der Waals surface area contributed by atoms with Crippen molar-refractivity contribution in [3.05, 3.63) is 57.0 Å². The van der Waals surface area contributed by atoms with Crippen LogP contribution in [0.5, 0.6) is 11.5 Å². The molecule has 1 unspecified atom stereocenters. The first kappa shape index (κ1) is 14.9. The highest BCUT2D eigenvalue weighted by Crippen LogP contribution is 2.35. The minimum atomic E-state index is -0.702. The number of hydrogen-bond donors (Lipinski definition) is 1. The molecule has 0 aliphatic carbocycles. The van der Waals surface area contributed by atoms with E-state index in [0.717, 1.165) is 4.47 Å². The Kier molecular flexibility index (Phi) is 4.66. The molecular weight excluding hydrogens is 342 g/mol. The predicted octanol–water partition coefficient (Wildman–Crippen LogP) is 4.82. The molecule has 0 radical (unpaired) electrons. The zero-order chi connectivity index (χ0) is 14.7. The number of halogens is 2. The standard InChI is InChI=1S/C15H11BrClNO2/c1-9(19)12-4-2-10(8-18)6-15(12)20-14-5-3-11(16)7-13(14)17/h2-7,9,19H,1H3. The number of aliphatic hydroxyl groups is 1. The van der Waals surface area contributed by atoms with Crippen molar-refractivity contribution in [1.29, 1.82) is 5.26 Å². The largest absolute Gasteiger partial charge is 0.455 e. The van der Waals surface area contributed by atoms with Crippen LogP contribution in [0.15, 0.2) is 40.9 Å². The van der Waals surface area contributed by atoms with Crippen molar-refractivity contribution < 1.29 is 9.84 Å². The summed E-state index contributed by atoms with van der Waals surface area (Å²) in [4.78, 5) is 0. The summed E-state index contributed by atoms with van der Waals surface area (Å²) in [5.74, 6) is 0.884. The van der Waals surface area contributed by atoms with Crippen LogP contribution in [-0.4, -0.2) is 5.11 Å². The molecule has 20 heavy (non-hydrogen) atoms. The third kappa shape index (κ3) is 3.31. The zero-order valence-corrected chi connectivity index (χ0v) is 12.9. The molecule has 0 amide bonds. The predicted molar refractivity (Wildman–Crippen MR) is 81.0 cm³/mol. The van der Waals surface area contributed by atoms with E-state index in [9.17, 15) is 5.11 Å². The van der Waals surface area contributed by atoms with Crippen molar-refractivity contribution in [2.45, 2.75) is 13.0 Å². The normalized spacial score (nSPS) is 11.8. The fraction of sp³-hybridized carbons (Fsp3) is 0.133. The summed E-state index contributed by atoms with van der Waals surface area (Å²) >= 11 is 9.42. The van der Waals surface area contributed by atoms with Gasteiger partial charge in [0.1, 0.15) is 11.5 Å². The number of aliphatic hydroxyl groups excluding tert-OH is 1. The van der Waals surface area contributed by atoms with Gasteiger partial charge in [-0.3, -0.25) is 0 Å². The minimum absolute atomic E-state index is 0.420. The van der Waals surface area contributed by atoms with Gasteiger partial charge in [0.25, 0.3) is 0 Å². The molecule has 0 saturated carbocycles. The van der Waals surface area contributed by atoms with Crippen molar-refractivity contribution in [2.75, 3.05) is 0 Å². The van der Waals surface area contributed by atoms with Gasteiger partial charge in [0, 0.05) is 10.0 Å². The van der Waals surface area contributed by atoms with Gasteiger partial charge < -0.3 is 9.84 Å². The number of benzene rings is 2. The molecule has 0 saturated heterocycles. The summed E-state index contributed by atoms with van der Waals surface area (Å²) in [5.41, 5.74) is 1.06. The van der Waals surface area contributed by atoms with E-state index in [-0.39, 0.29) is 0 Å². The highest BCUT2D eigenvalue weighted by Gasteiger charge is 2.13. The Balaban J connectivity index is 2.43. The number of hydrogen-bond acceptors (Lipinski definition) is 3. The highest BCUT2D eigenvalue weighted by atomic mass is 79.9. The van der Waals surface area contributed by atoms with Crippen molar-refractivity contribution in [2.24, 2.45) is 0 Å². The first-order chi connectivity index (χ1) is 9.51. The summed E-state index contributed by atoms with van der Waals surface area (Å²) in [5, 5.41) is 19.1. The van der Waals surface area contributed by atoms with Gasteiger partial charge in [0.05, 0.1) is 22.8 Å². The Hall–Kier alpha value is -1.54. The molecular formula is C15H11BrClNO2. The molecule has 1 N–H and O–H groups in total. The van der Waals surface area contributed by atoms with Crippen LogP contribution in [0.1, 0.15) is 24.2 Å². The topological polar surface area (TPSA) is 53.2 Å². The molecule has 0 bridgehead atoms. The van der Waals surface area contributed by atoms with Crippen LogP contribution >= 0.6 is 27.5 Å². The van der Waals surface area contributed by atoms with E-state index >= 15 is 0 Å². The smallest absolute Gasteiger partial charge is 0.146 e. The van der Waals surface area contributed by atoms with Crippen LogP contribution in [0.25, 0.3) is 0 Å². The third-order valence-corrected chi connectivity index (χ3v) is 3.50. The second-order valence-electron chi connectivity index (χ2n) is 4.22. The molecule has 5 heteroatoms. The molecule has 0 aromatic heterocycles. The highest BCUT2D eigenvalue weighted by molar-refractivity contribution is 9.10. The zero-order valence-electron chi connectivity index (χ0n) is 10.6. The summed E-state index contributed by atoms with van der Waals surface area (Å²) in [7, 11) is 0. The number of nitriles is 1. The second kappa shape index (κ2) is 6.27. The summed E-state index contributed by atoms with van der Waals surface area (Å²) in [6.07, 6.45) is -0.702. The lowest BCUT2D eigenvalue weighted by Crippen LogP contribution is -1.97. The maximum Gasteiger partial charge on any atom is 0.146 e. The molecule has 2 rings (SSSR count). The number of rotatable bonds is 3. The number of nitrogens with zero attached hydrogens (tertiary/aromatic N) is 1. The molecule has 102 valence electrons. The fourth-order valence-electron chi connectivity index (χ4n) is 1.71. The molecule has 2 aromatic rings. The molecule has 2 aromatic carbocycles. The molecule has 3 nitrogen and oxygen atoms in total. The Bertz CT molecular complexity index is 680. The Morgan fingerprint density at radius 2 is 2.00 bits per heavy atom. The van der Waals surface area contributed by atoms with Crippen molar-refractivity contribution >= 4 is 27.5 Å². The van der Waals surface area contributed by atoms with Crippen molar-refractivity contribution in [3.8, 4) is 17.6 Å². The van der Waals surface area contributed by atoms with E-state index in [2.05, 4.69) is 15.9 Å². The van der Waals surface area contributed by atoms with Gasteiger partial charge in [-0.1, -0.05) is 33.6 Å². The minimum Gasteiger partial charge on any atom is -0.455 e. The maximum atomic E-state index is 9.76. The Labute approximate surface area is 130 Å². The van der Waals surface area contributed by atoms with E-state index in [4.69, 9.17) is 21.6 Å².